The van der Waals surface area contributed by atoms with Crippen molar-refractivity contribution in [3.05, 3.63) is 53.3 Å². The van der Waals surface area contributed by atoms with Crippen molar-refractivity contribution in [3.63, 3.8) is 0 Å². The zero-order valence-corrected chi connectivity index (χ0v) is 19.6. The number of aromatic amines is 1. The number of hydrogen-bond acceptors (Lipinski definition) is 6. The van der Waals surface area contributed by atoms with Gasteiger partial charge in [0.1, 0.15) is 5.69 Å². The van der Waals surface area contributed by atoms with Gasteiger partial charge < -0.3 is 24.7 Å². The molecule has 0 aliphatic carbocycles. The van der Waals surface area contributed by atoms with Crippen LogP contribution in [-0.4, -0.2) is 60.5 Å². The number of H-pyrrole nitrogens is 1. The standard InChI is InChI=1S/C24H28N4O4S/c1-31-19-6-5-16(12-20(19)32-2)8-10-28-14-17(13-22(28)29)24(30)25-9-7-18-23(27-15-26-18)21-4-3-11-33-21/h3-6,11-12,15,17H,7-10,13-14H2,1-2H3,(H,25,30)(H,26,27). The molecule has 0 radical (unpaired) electrons. The molecule has 0 saturated carbocycles. The smallest absolute Gasteiger partial charge is 0.225 e. The van der Waals surface area contributed by atoms with E-state index in [1.54, 1.807) is 36.8 Å². The Labute approximate surface area is 196 Å². The van der Waals surface area contributed by atoms with Crippen molar-refractivity contribution in [2.75, 3.05) is 33.9 Å². The topological polar surface area (TPSA) is 96.5 Å². The minimum Gasteiger partial charge on any atom is -0.493 e. The first-order valence-electron chi connectivity index (χ1n) is 10.9. The molecule has 33 heavy (non-hydrogen) atoms. The molecule has 3 heterocycles. The molecular formula is C24H28N4O4S. The SMILES string of the molecule is COc1ccc(CCN2CC(C(=O)NCCc3[nH]cnc3-c3cccs3)CC2=O)cc1OC. The number of likely N-dealkylation sites (tertiary alicyclic amines) is 1. The summed E-state index contributed by atoms with van der Waals surface area (Å²) < 4.78 is 10.6. The highest BCUT2D eigenvalue weighted by Gasteiger charge is 2.33. The minimum absolute atomic E-state index is 0.0178. The van der Waals surface area contributed by atoms with Crippen molar-refractivity contribution in [2.24, 2.45) is 5.92 Å². The van der Waals surface area contributed by atoms with Crippen LogP contribution in [0.15, 0.2) is 42.0 Å². The number of carbonyl (C=O) groups excluding carboxylic acids is 2. The van der Waals surface area contributed by atoms with Crippen molar-refractivity contribution in [1.82, 2.24) is 20.2 Å². The third-order valence-electron chi connectivity index (χ3n) is 5.85. The van der Waals surface area contributed by atoms with Crippen LogP contribution in [0, 0.1) is 5.92 Å². The first-order valence-corrected chi connectivity index (χ1v) is 11.8. The van der Waals surface area contributed by atoms with Crippen LogP contribution in [0.1, 0.15) is 17.7 Å². The van der Waals surface area contributed by atoms with Crippen LogP contribution in [0.25, 0.3) is 10.6 Å². The summed E-state index contributed by atoms with van der Waals surface area (Å²) in [6, 6.07) is 9.77. The van der Waals surface area contributed by atoms with E-state index in [1.165, 1.54) is 0 Å². The van der Waals surface area contributed by atoms with Crippen LogP contribution in [-0.2, 0) is 22.4 Å². The molecule has 2 aromatic heterocycles. The molecule has 2 amide bonds. The van der Waals surface area contributed by atoms with Crippen LogP contribution in [0.3, 0.4) is 0 Å². The lowest BCUT2D eigenvalue weighted by Gasteiger charge is -2.17. The van der Waals surface area contributed by atoms with Gasteiger partial charge in [-0.3, -0.25) is 9.59 Å². The van der Waals surface area contributed by atoms with Gasteiger partial charge in [-0.15, -0.1) is 11.3 Å². The third-order valence-corrected chi connectivity index (χ3v) is 6.73. The van der Waals surface area contributed by atoms with Gasteiger partial charge in [0.15, 0.2) is 11.5 Å². The molecule has 1 aliphatic heterocycles. The quantitative estimate of drug-likeness (QED) is 0.477. The summed E-state index contributed by atoms with van der Waals surface area (Å²) in [5.74, 6) is 0.965. The Morgan fingerprint density at radius 3 is 2.85 bits per heavy atom. The molecule has 1 aliphatic rings. The number of hydrogen-bond donors (Lipinski definition) is 2. The molecule has 1 atom stereocenters. The molecule has 8 nitrogen and oxygen atoms in total. The second-order valence-corrected chi connectivity index (χ2v) is 8.88. The van der Waals surface area contributed by atoms with E-state index >= 15 is 0 Å². The fourth-order valence-electron chi connectivity index (χ4n) is 4.06. The van der Waals surface area contributed by atoms with E-state index in [0.29, 0.717) is 44.0 Å². The highest BCUT2D eigenvalue weighted by molar-refractivity contribution is 7.13. The molecule has 9 heteroatoms. The molecular weight excluding hydrogens is 440 g/mol. The van der Waals surface area contributed by atoms with E-state index in [2.05, 4.69) is 15.3 Å². The van der Waals surface area contributed by atoms with Crippen LogP contribution in [0.2, 0.25) is 0 Å². The molecule has 1 unspecified atom stereocenters. The highest BCUT2D eigenvalue weighted by Crippen LogP contribution is 2.28. The van der Waals surface area contributed by atoms with Crippen molar-refractivity contribution in [2.45, 2.75) is 19.3 Å². The second-order valence-electron chi connectivity index (χ2n) is 7.93. The predicted octanol–water partition coefficient (Wildman–Crippen LogP) is 2.91. The van der Waals surface area contributed by atoms with Crippen molar-refractivity contribution < 1.29 is 19.1 Å². The third kappa shape index (κ3) is 5.36. The average molecular weight is 469 g/mol. The number of imidazole rings is 1. The summed E-state index contributed by atoms with van der Waals surface area (Å²) in [5.41, 5.74) is 2.97. The zero-order chi connectivity index (χ0) is 23.2. The number of aromatic nitrogens is 2. The summed E-state index contributed by atoms with van der Waals surface area (Å²) in [6.07, 6.45) is 3.27. The maximum absolute atomic E-state index is 12.7. The first kappa shape index (κ1) is 22.8. The van der Waals surface area contributed by atoms with Gasteiger partial charge in [0.2, 0.25) is 11.8 Å². The van der Waals surface area contributed by atoms with E-state index in [1.807, 2.05) is 35.7 Å². The van der Waals surface area contributed by atoms with E-state index in [0.717, 1.165) is 21.8 Å². The average Bonchev–Trinajstić information content (AvgIpc) is 3.58. The summed E-state index contributed by atoms with van der Waals surface area (Å²) >= 11 is 1.64. The second kappa shape index (κ2) is 10.5. The maximum Gasteiger partial charge on any atom is 0.225 e. The molecule has 1 aromatic carbocycles. The van der Waals surface area contributed by atoms with Gasteiger partial charge in [0.05, 0.1) is 31.3 Å². The molecule has 0 spiro atoms. The first-order chi connectivity index (χ1) is 16.1. The number of rotatable bonds is 10. The van der Waals surface area contributed by atoms with Crippen LogP contribution in [0.4, 0.5) is 0 Å². The maximum atomic E-state index is 12.7. The van der Waals surface area contributed by atoms with Crippen LogP contribution in [0.5, 0.6) is 11.5 Å². The lowest BCUT2D eigenvalue weighted by Crippen LogP contribution is -2.34. The van der Waals surface area contributed by atoms with Crippen molar-refractivity contribution >= 4 is 23.2 Å². The Morgan fingerprint density at radius 1 is 1.24 bits per heavy atom. The number of nitrogens with one attached hydrogen (secondary N) is 2. The Bertz CT molecular complexity index is 1100. The van der Waals surface area contributed by atoms with Crippen LogP contribution >= 0.6 is 11.3 Å². The number of carbonyl (C=O) groups is 2. The molecule has 4 rings (SSSR count). The predicted molar refractivity (Wildman–Crippen MR) is 127 cm³/mol. The molecule has 3 aromatic rings. The zero-order valence-electron chi connectivity index (χ0n) is 18.8. The van der Waals surface area contributed by atoms with Gasteiger partial charge >= 0.3 is 0 Å². The van der Waals surface area contributed by atoms with E-state index in [4.69, 9.17) is 9.47 Å². The van der Waals surface area contributed by atoms with Crippen molar-refractivity contribution in [3.8, 4) is 22.1 Å². The Morgan fingerprint density at radius 2 is 2.09 bits per heavy atom. The number of amides is 2. The summed E-state index contributed by atoms with van der Waals surface area (Å²) in [5, 5.41) is 5.00. The number of nitrogens with zero attached hydrogens (tertiary/aromatic N) is 2. The molecule has 0 bridgehead atoms. The molecule has 1 saturated heterocycles. The van der Waals surface area contributed by atoms with Crippen molar-refractivity contribution in [1.29, 1.82) is 0 Å². The Balaban J connectivity index is 1.25. The number of benzene rings is 1. The fourth-order valence-corrected chi connectivity index (χ4v) is 4.80. The lowest BCUT2D eigenvalue weighted by molar-refractivity contribution is -0.129. The van der Waals surface area contributed by atoms with Gasteiger partial charge in [-0.25, -0.2) is 4.98 Å². The number of ether oxygens (including phenoxy) is 2. The number of thiophene rings is 1. The van der Waals surface area contributed by atoms with Gasteiger partial charge in [0.25, 0.3) is 0 Å². The Hall–Kier alpha value is -3.33. The highest BCUT2D eigenvalue weighted by atomic mass is 32.1. The molecule has 174 valence electrons. The monoisotopic (exact) mass is 468 g/mol. The normalized spacial score (nSPS) is 15.6. The summed E-state index contributed by atoms with van der Waals surface area (Å²) in [4.78, 5) is 35.6. The van der Waals surface area contributed by atoms with Crippen LogP contribution < -0.4 is 14.8 Å². The number of methoxy groups -OCH3 is 2. The Kier molecular flexibility index (Phi) is 7.29. The van der Waals surface area contributed by atoms with Gasteiger partial charge in [-0.2, -0.15) is 0 Å². The largest absolute Gasteiger partial charge is 0.493 e. The molecule has 2 N–H and O–H groups in total. The summed E-state index contributed by atoms with van der Waals surface area (Å²) in [7, 11) is 3.20. The van der Waals surface area contributed by atoms with Gasteiger partial charge in [-0.1, -0.05) is 12.1 Å². The fraction of sp³-hybridized carbons (Fsp3) is 0.375. The van der Waals surface area contributed by atoms with Gasteiger partial charge in [0, 0.05) is 38.2 Å². The van der Waals surface area contributed by atoms with E-state index in [-0.39, 0.29) is 24.2 Å². The van der Waals surface area contributed by atoms with Gasteiger partial charge in [-0.05, 0) is 35.6 Å². The minimum atomic E-state index is -0.318. The van der Waals surface area contributed by atoms with E-state index < -0.39 is 0 Å². The molecule has 1 fully saturated rings. The summed E-state index contributed by atoms with van der Waals surface area (Å²) in [6.45, 7) is 1.51. The van der Waals surface area contributed by atoms with E-state index in [9.17, 15) is 9.59 Å². The lowest BCUT2D eigenvalue weighted by atomic mass is 10.1.